The Balaban J connectivity index is 2.71. The van der Waals surface area contributed by atoms with Gasteiger partial charge in [0, 0.05) is 13.6 Å². The minimum Gasteiger partial charge on any atom is -0.478 e. The number of aromatic carboxylic acids is 1. The fourth-order valence-corrected chi connectivity index (χ4v) is 1.74. The summed E-state index contributed by atoms with van der Waals surface area (Å²) in [5.41, 5.74) is 0.542. The summed E-state index contributed by atoms with van der Waals surface area (Å²) in [6.45, 7) is 2.26. The summed E-state index contributed by atoms with van der Waals surface area (Å²) in [4.78, 5) is 35.7. The van der Waals surface area contributed by atoms with E-state index in [-0.39, 0.29) is 30.3 Å². The van der Waals surface area contributed by atoms with Crippen molar-refractivity contribution in [3.8, 4) is 0 Å². The van der Waals surface area contributed by atoms with E-state index in [0.29, 0.717) is 12.1 Å². The molecule has 2 amide bonds. The number of nitrogens with zero attached hydrogens (tertiary/aromatic N) is 1. The third kappa shape index (κ3) is 4.38. The van der Waals surface area contributed by atoms with Gasteiger partial charge in [0.1, 0.15) is 0 Å². The molecule has 0 radical (unpaired) electrons. The summed E-state index contributed by atoms with van der Waals surface area (Å²) in [5, 5.41) is 11.6. The largest absolute Gasteiger partial charge is 0.478 e. The fourth-order valence-electron chi connectivity index (χ4n) is 1.74. The van der Waals surface area contributed by atoms with Crippen molar-refractivity contribution in [3.63, 3.8) is 0 Å². The third-order valence-corrected chi connectivity index (χ3v) is 2.77. The standard InChI is InChI=1S/C14H18N2O4/c1-3-15-12(17)9-16(2)13(18)8-10-6-4-5-7-11(10)14(19)20/h4-7H,3,8-9H2,1-2H3,(H,15,17)(H,19,20). The minimum atomic E-state index is -1.07. The van der Waals surface area contributed by atoms with Gasteiger partial charge in [0.15, 0.2) is 0 Å². The molecule has 1 aromatic rings. The topological polar surface area (TPSA) is 86.7 Å². The van der Waals surface area contributed by atoms with Crippen LogP contribution in [-0.4, -0.2) is 47.9 Å². The van der Waals surface area contributed by atoms with E-state index >= 15 is 0 Å². The van der Waals surface area contributed by atoms with Crippen LogP contribution in [0.25, 0.3) is 0 Å². The van der Waals surface area contributed by atoms with Crippen LogP contribution in [0.2, 0.25) is 0 Å². The van der Waals surface area contributed by atoms with Crippen molar-refractivity contribution in [3.05, 3.63) is 35.4 Å². The summed E-state index contributed by atoms with van der Waals surface area (Å²) in [7, 11) is 1.51. The van der Waals surface area contributed by atoms with Crippen molar-refractivity contribution in [2.45, 2.75) is 13.3 Å². The van der Waals surface area contributed by atoms with E-state index in [1.807, 2.05) is 0 Å². The monoisotopic (exact) mass is 278 g/mol. The van der Waals surface area contributed by atoms with Crippen molar-refractivity contribution in [2.24, 2.45) is 0 Å². The molecule has 0 saturated heterocycles. The summed E-state index contributed by atoms with van der Waals surface area (Å²) in [6.07, 6.45) is -0.0433. The van der Waals surface area contributed by atoms with Crippen LogP contribution in [0.1, 0.15) is 22.8 Å². The smallest absolute Gasteiger partial charge is 0.335 e. The molecule has 108 valence electrons. The van der Waals surface area contributed by atoms with Crippen LogP contribution in [0.4, 0.5) is 0 Å². The second-order valence-corrected chi connectivity index (χ2v) is 4.34. The Morgan fingerprint density at radius 3 is 2.50 bits per heavy atom. The Labute approximate surface area is 117 Å². The molecule has 2 N–H and O–H groups in total. The maximum Gasteiger partial charge on any atom is 0.335 e. The average molecular weight is 278 g/mol. The molecule has 0 bridgehead atoms. The van der Waals surface area contributed by atoms with Gasteiger partial charge in [-0.3, -0.25) is 9.59 Å². The highest BCUT2D eigenvalue weighted by atomic mass is 16.4. The predicted molar refractivity (Wildman–Crippen MR) is 73.4 cm³/mol. The van der Waals surface area contributed by atoms with Crippen LogP contribution in [0.15, 0.2) is 24.3 Å². The van der Waals surface area contributed by atoms with Crippen molar-refractivity contribution in [2.75, 3.05) is 20.1 Å². The van der Waals surface area contributed by atoms with Gasteiger partial charge in [0.2, 0.25) is 11.8 Å². The van der Waals surface area contributed by atoms with Gasteiger partial charge in [0.25, 0.3) is 0 Å². The molecule has 0 aliphatic heterocycles. The first-order valence-corrected chi connectivity index (χ1v) is 6.27. The van der Waals surface area contributed by atoms with Gasteiger partial charge in [-0.25, -0.2) is 4.79 Å². The lowest BCUT2D eigenvalue weighted by Gasteiger charge is -2.17. The number of carbonyl (C=O) groups excluding carboxylic acids is 2. The van der Waals surface area contributed by atoms with Crippen LogP contribution in [0, 0.1) is 0 Å². The lowest BCUT2D eigenvalue weighted by molar-refractivity contribution is -0.134. The molecule has 0 aliphatic rings. The molecule has 0 aromatic heterocycles. The second kappa shape index (κ2) is 7.28. The van der Waals surface area contributed by atoms with Gasteiger partial charge in [-0.1, -0.05) is 18.2 Å². The van der Waals surface area contributed by atoms with Gasteiger partial charge in [-0.2, -0.15) is 0 Å². The molecule has 0 atom stereocenters. The van der Waals surface area contributed by atoms with Crippen LogP contribution in [-0.2, 0) is 16.0 Å². The van der Waals surface area contributed by atoms with Crippen LogP contribution >= 0.6 is 0 Å². The van der Waals surface area contributed by atoms with E-state index in [2.05, 4.69) is 5.32 Å². The van der Waals surface area contributed by atoms with E-state index < -0.39 is 5.97 Å². The molecule has 0 saturated carbocycles. The van der Waals surface area contributed by atoms with E-state index in [1.54, 1.807) is 25.1 Å². The Bertz CT molecular complexity index is 514. The Morgan fingerprint density at radius 1 is 1.25 bits per heavy atom. The first kappa shape index (κ1) is 15.7. The number of hydrogen-bond acceptors (Lipinski definition) is 3. The fraction of sp³-hybridized carbons (Fsp3) is 0.357. The molecule has 1 rings (SSSR count). The van der Waals surface area contributed by atoms with Crippen molar-refractivity contribution in [1.82, 2.24) is 10.2 Å². The Morgan fingerprint density at radius 2 is 1.90 bits per heavy atom. The Kier molecular flexibility index (Phi) is 5.71. The van der Waals surface area contributed by atoms with Crippen molar-refractivity contribution in [1.29, 1.82) is 0 Å². The molecule has 6 nitrogen and oxygen atoms in total. The number of rotatable bonds is 6. The lowest BCUT2D eigenvalue weighted by atomic mass is 10.0. The highest BCUT2D eigenvalue weighted by Gasteiger charge is 2.16. The predicted octanol–water partition coefficient (Wildman–Crippen LogP) is 0.522. The zero-order valence-electron chi connectivity index (χ0n) is 11.5. The lowest BCUT2D eigenvalue weighted by Crippen LogP contribution is -2.39. The first-order chi connectivity index (χ1) is 9.45. The summed E-state index contributed by atoms with van der Waals surface area (Å²) in [6, 6.07) is 6.34. The summed E-state index contributed by atoms with van der Waals surface area (Å²) >= 11 is 0. The second-order valence-electron chi connectivity index (χ2n) is 4.34. The van der Waals surface area contributed by atoms with Gasteiger partial charge < -0.3 is 15.3 Å². The third-order valence-electron chi connectivity index (χ3n) is 2.77. The first-order valence-electron chi connectivity index (χ1n) is 6.27. The van der Waals surface area contributed by atoms with Gasteiger partial charge in [-0.15, -0.1) is 0 Å². The van der Waals surface area contributed by atoms with Gasteiger partial charge in [0.05, 0.1) is 18.5 Å². The highest BCUT2D eigenvalue weighted by molar-refractivity contribution is 5.92. The van der Waals surface area contributed by atoms with Crippen LogP contribution in [0.5, 0.6) is 0 Å². The van der Waals surface area contributed by atoms with Crippen LogP contribution in [0.3, 0.4) is 0 Å². The number of nitrogens with one attached hydrogen (secondary N) is 1. The molecular formula is C14H18N2O4. The highest BCUT2D eigenvalue weighted by Crippen LogP contribution is 2.10. The van der Waals surface area contributed by atoms with E-state index in [0.717, 1.165) is 0 Å². The zero-order valence-corrected chi connectivity index (χ0v) is 11.5. The molecule has 6 heteroatoms. The van der Waals surface area contributed by atoms with Crippen molar-refractivity contribution < 1.29 is 19.5 Å². The minimum absolute atomic E-state index is 0.0398. The van der Waals surface area contributed by atoms with E-state index in [4.69, 9.17) is 5.11 Å². The maximum atomic E-state index is 12.0. The number of carboxylic acids is 1. The molecule has 0 unspecified atom stereocenters. The summed E-state index contributed by atoms with van der Waals surface area (Å²) < 4.78 is 0. The summed E-state index contributed by atoms with van der Waals surface area (Å²) in [5.74, 6) is -1.61. The number of hydrogen-bond donors (Lipinski definition) is 2. The van der Waals surface area contributed by atoms with Crippen LogP contribution < -0.4 is 5.32 Å². The zero-order chi connectivity index (χ0) is 15.1. The van der Waals surface area contributed by atoms with Gasteiger partial charge >= 0.3 is 5.97 Å². The number of carboxylic acid groups (broad SMARTS) is 1. The molecule has 0 heterocycles. The van der Waals surface area contributed by atoms with Crippen molar-refractivity contribution >= 4 is 17.8 Å². The number of likely N-dealkylation sites (N-methyl/N-ethyl adjacent to an activating group) is 2. The number of benzene rings is 1. The SMILES string of the molecule is CCNC(=O)CN(C)C(=O)Cc1ccccc1C(=O)O. The quantitative estimate of drug-likeness (QED) is 0.794. The number of carbonyl (C=O) groups is 3. The average Bonchev–Trinajstić information content (AvgIpc) is 2.39. The van der Waals surface area contributed by atoms with E-state index in [9.17, 15) is 14.4 Å². The molecular weight excluding hydrogens is 260 g/mol. The maximum absolute atomic E-state index is 12.0. The van der Waals surface area contributed by atoms with E-state index in [1.165, 1.54) is 18.0 Å². The normalized spacial score (nSPS) is 9.90. The molecule has 0 spiro atoms. The molecule has 0 fully saturated rings. The molecule has 0 aliphatic carbocycles. The molecule has 1 aromatic carbocycles. The number of amides is 2. The van der Waals surface area contributed by atoms with Gasteiger partial charge in [-0.05, 0) is 18.6 Å². The molecule has 20 heavy (non-hydrogen) atoms. The Hall–Kier alpha value is -2.37.